The van der Waals surface area contributed by atoms with Crippen LogP contribution in [0.4, 0.5) is 0 Å². The lowest BCUT2D eigenvalue weighted by Crippen LogP contribution is -2.05. The topological polar surface area (TPSA) is 68.0 Å². The highest BCUT2D eigenvalue weighted by Gasteiger charge is 2.12. The zero-order valence-corrected chi connectivity index (χ0v) is 8.22. The third-order valence-corrected chi connectivity index (χ3v) is 2.09. The summed E-state index contributed by atoms with van der Waals surface area (Å²) in [6.45, 7) is 0. The van der Waals surface area contributed by atoms with Gasteiger partial charge in [0, 0.05) is 5.02 Å². The Hall–Kier alpha value is -1.88. The molecule has 1 aromatic carbocycles. The smallest absolute Gasteiger partial charge is 0.337 e. The maximum absolute atomic E-state index is 10.9. The molecule has 5 nitrogen and oxygen atoms in total. The molecular formula is C9H6ClN3O2. The van der Waals surface area contributed by atoms with Gasteiger partial charge in [0.15, 0.2) is 0 Å². The number of hydrogen-bond donors (Lipinski definition) is 1. The minimum absolute atomic E-state index is 0.130. The number of benzene rings is 1. The van der Waals surface area contributed by atoms with Crippen molar-refractivity contribution >= 4 is 17.6 Å². The van der Waals surface area contributed by atoms with E-state index in [0.717, 1.165) is 0 Å². The van der Waals surface area contributed by atoms with Crippen molar-refractivity contribution in [3.63, 3.8) is 0 Å². The number of hydrogen-bond acceptors (Lipinski definition) is 3. The SMILES string of the molecule is O=C(O)c1ccc(Cl)cc1-n1cncn1. The van der Waals surface area contributed by atoms with Crippen LogP contribution in [0.3, 0.4) is 0 Å². The lowest BCUT2D eigenvalue weighted by molar-refractivity contribution is 0.0697. The van der Waals surface area contributed by atoms with E-state index in [0.29, 0.717) is 10.7 Å². The molecule has 0 unspecified atom stereocenters. The Morgan fingerprint density at radius 1 is 1.47 bits per heavy atom. The quantitative estimate of drug-likeness (QED) is 0.840. The van der Waals surface area contributed by atoms with Crippen LogP contribution >= 0.6 is 11.6 Å². The monoisotopic (exact) mass is 223 g/mol. The van der Waals surface area contributed by atoms with Gasteiger partial charge in [0.05, 0.1) is 11.3 Å². The molecule has 0 spiro atoms. The number of aromatic carboxylic acids is 1. The molecule has 2 aromatic rings. The van der Waals surface area contributed by atoms with Crippen LogP contribution in [0.5, 0.6) is 0 Å². The Morgan fingerprint density at radius 2 is 2.27 bits per heavy atom. The maximum Gasteiger partial charge on any atom is 0.337 e. The predicted octanol–water partition coefficient (Wildman–Crippen LogP) is 1.62. The summed E-state index contributed by atoms with van der Waals surface area (Å²) in [6, 6.07) is 4.48. The number of rotatable bonds is 2. The van der Waals surface area contributed by atoms with Crippen LogP contribution < -0.4 is 0 Å². The lowest BCUT2D eigenvalue weighted by atomic mass is 10.2. The van der Waals surface area contributed by atoms with Crippen LogP contribution in [0.1, 0.15) is 10.4 Å². The van der Waals surface area contributed by atoms with E-state index >= 15 is 0 Å². The molecule has 1 aromatic heterocycles. The van der Waals surface area contributed by atoms with Crippen molar-refractivity contribution in [2.75, 3.05) is 0 Å². The van der Waals surface area contributed by atoms with Gasteiger partial charge in [0.1, 0.15) is 12.7 Å². The molecule has 0 saturated heterocycles. The van der Waals surface area contributed by atoms with Crippen molar-refractivity contribution in [2.24, 2.45) is 0 Å². The molecular weight excluding hydrogens is 218 g/mol. The first kappa shape index (κ1) is 9.67. The third-order valence-electron chi connectivity index (χ3n) is 1.86. The Bertz CT molecular complexity index is 496. The van der Waals surface area contributed by atoms with Crippen molar-refractivity contribution in [1.82, 2.24) is 14.8 Å². The van der Waals surface area contributed by atoms with Gasteiger partial charge in [-0.1, -0.05) is 11.6 Å². The molecule has 0 bridgehead atoms. The molecule has 0 aliphatic carbocycles. The van der Waals surface area contributed by atoms with Crippen molar-refractivity contribution in [1.29, 1.82) is 0 Å². The molecule has 0 saturated carbocycles. The van der Waals surface area contributed by atoms with E-state index in [1.165, 1.54) is 35.5 Å². The van der Waals surface area contributed by atoms with Gasteiger partial charge in [-0.15, -0.1) is 0 Å². The molecule has 0 amide bonds. The summed E-state index contributed by atoms with van der Waals surface area (Å²) in [4.78, 5) is 14.7. The average Bonchev–Trinajstić information content (AvgIpc) is 2.69. The Labute approximate surface area is 89.9 Å². The first-order valence-electron chi connectivity index (χ1n) is 4.06. The molecule has 0 fully saturated rings. The molecule has 76 valence electrons. The summed E-state index contributed by atoms with van der Waals surface area (Å²) < 4.78 is 1.36. The number of carboxylic acids is 1. The fourth-order valence-corrected chi connectivity index (χ4v) is 1.37. The Balaban J connectivity index is 2.63. The van der Waals surface area contributed by atoms with Crippen molar-refractivity contribution < 1.29 is 9.90 Å². The van der Waals surface area contributed by atoms with Crippen LogP contribution in [-0.2, 0) is 0 Å². The molecule has 1 N–H and O–H groups in total. The fourth-order valence-electron chi connectivity index (χ4n) is 1.21. The molecule has 6 heteroatoms. The van der Waals surface area contributed by atoms with Crippen LogP contribution in [-0.4, -0.2) is 25.8 Å². The Morgan fingerprint density at radius 3 is 2.87 bits per heavy atom. The van der Waals surface area contributed by atoms with E-state index < -0.39 is 5.97 Å². The van der Waals surface area contributed by atoms with E-state index in [4.69, 9.17) is 16.7 Å². The van der Waals surface area contributed by atoms with E-state index in [1.807, 2.05) is 0 Å². The molecule has 1 heterocycles. The first-order valence-corrected chi connectivity index (χ1v) is 4.44. The van der Waals surface area contributed by atoms with Crippen molar-refractivity contribution in [3.8, 4) is 5.69 Å². The van der Waals surface area contributed by atoms with Gasteiger partial charge < -0.3 is 5.11 Å². The van der Waals surface area contributed by atoms with Crippen molar-refractivity contribution in [3.05, 3.63) is 41.4 Å². The molecule has 15 heavy (non-hydrogen) atoms. The second kappa shape index (κ2) is 3.70. The second-order valence-electron chi connectivity index (χ2n) is 2.81. The predicted molar refractivity (Wildman–Crippen MR) is 53.3 cm³/mol. The van der Waals surface area contributed by atoms with Crippen LogP contribution in [0, 0.1) is 0 Å². The minimum atomic E-state index is -1.03. The van der Waals surface area contributed by atoms with Gasteiger partial charge in [-0.2, -0.15) is 5.10 Å². The number of carboxylic acid groups (broad SMARTS) is 1. The van der Waals surface area contributed by atoms with E-state index in [2.05, 4.69) is 10.1 Å². The van der Waals surface area contributed by atoms with Gasteiger partial charge >= 0.3 is 5.97 Å². The zero-order chi connectivity index (χ0) is 10.8. The maximum atomic E-state index is 10.9. The summed E-state index contributed by atoms with van der Waals surface area (Å²) in [7, 11) is 0. The first-order chi connectivity index (χ1) is 7.18. The van der Waals surface area contributed by atoms with Gasteiger partial charge in [-0.3, -0.25) is 0 Å². The van der Waals surface area contributed by atoms with Gasteiger partial charge in [-0.05, 0) is 18.2 Å². The standard InChI is InChI=1S/C9H6ClN3O2/c10-6-1-2-7(9(14)15)8(3-6)13-5-11-4-12-13/h1-5H,(H,14,15). The highest BCUT2D eigenvalue weighted by atomic mass is 35.5. The van der Waals surface area contributed by atoms with E-state index in [1.54, 1.807) is 0 Å². The second-order valence-corrected chi connectivity index (χ2v) is 3.24. The molecule has 0 aliphatic rings. The Kier molecular flexibility index (Phi) is 2.39. The summed E-state index contributed by atoms with van der Waals surface area (Å²) in [6.07, 6.45) is 2.74. The molecule has 0 aliphatic heterocycles. The van der Waals surface area contributed by atoms with Crippen molar-refractivity contribution in [2.45, 2.75) is 0 Å². The van der Waals surface area contributed by atoms with Gasteiger partial charge in [-0.25, -0.2) is 14.5 Å². The van der Waals surface area contributed by atoms with Gasteiger partial charge in [0.25, 0.3) is 0 Å². The van der Waals surface area contributed by atoms with Crippen LogP contribution in [0.2, 0.25) is 5.02 Å². The highest BCUT2D eigenvalue weighted by molar-refractivity contribution is 6.30. The average molecular weight is 224 g/mol. The molecule has 2 rings (SSSR count). The zero-order valence-electron chi connectivity index (χ0n) is 7.46. The van der Waals surface area contributed by atoms with Crippen LogP contribution in [0.15, 0.2) is 30.9 Å². The lowest BCUT2D eigenvalue weighted by Gasteiger charge is -2.05. The molecule has 0 radical (unpaired) electrons. The number of aromatic nitrogens is 3. The van der Waals surface area contributed by atoms with Crippen LogP contribution in [0.25, 0.3) is 5.69 Å². The van der Waals surface area contributed by atoms with E-state index in [9.17, 15) is 4.79 Å². The summed E-state index contributed by atoms with van der Waals surface area (Å²) in [5, 5.41) is 13.3. The minimum Gasteiger partial charge on any atom is -0.478 e. The molecule has 0 atom stereocenters. The largest absolute Gasteiger partial charge is 0.478 e. The fraction of sp³-hybridized carbons (Fsp3) is 0. The van der Waals surface area contributed by atoms with E-state index in [-0.39, 0.29) is 5.56 Å². The van der Waals surface area contributed by atoms with Gasteiger partial charge in [0.2, 0.25) is 0 Å². The number of carbonyl (C=O) groups is 1. The number of halogens is 1. The summed E-state index contributed by atoms with van der Waals surface area (Å²) in [5.74, 6) is -1.03. The summed E-state index contributed by atoms with van der Waals surface area (Å²) >= 11 is 5.78. The highest BCUT2D eigenvalue weighted by Crippen LogP contribution is 2.19. The summed E-state index contributed by atoms with van der Waals surface area (Å²) in [5.41, 5.74) is 0.525. The normalized spacial score (nSPS) is 10.2. The third kappa shape index (κ3) is 1.82. The number of nitrogens with zero attached hydrogens (tertiary/aromatic N) is 3.